The number of para-hydroxylation sites is 1. The quantitative estimate of drug-likeness (QED) is 0.0757. The molecule has 0 unspecified atom stereocenters. The molecular weight excluding hydrogens is 901 g/mol. The number of anilines is 4. The first kappa shape index (κ1) is 45.5. The summed E-state index contributed by atoms with van der Waals surface area (Å²) >= 11 is 0. The van der Waals surface area contributed by atoms with Crippen molar-refractivity contribution in [3.63, 3.8) is 0 Å². The number of carbonyl (C=O) groups is 1. The number of likely N-dealkylation sites (tertiary alicyclic amines) is 1. The van der Waals surface area contributed by atoms with E-state index in [2.05, 4.69) is 62.9 Å². The number of nitro benzene ring substituents is 1. The molecule has 5 aliphatic heterocycles. The van der Waals surface area contributed by atoms with Gasteiger partial charge in [0.15, 0.2) is 0 Å². The first-order valence-corrected chi connectivity index (χ1v) is 26.0. The zero-order chi connectivity index (χ0) is 47.4. The second-order valence-corrected chi connectivity index (χ2v) is 21.7. The Kier molecular flexibility index (Phi) is 12.1. The summed E-state index contributed by atoms with van der Waals surface area (Å²) in [5.41, 5.74) is 4.13. The highest BCUT2D eigenvalue weighted by molar-refractivity contribution is 7.90. The molecule has 3 N–H and O–H groups in total. The van der Waals surface area contributed by atoms with Gasteiger partial charge in [0.05, 0.1) is 46.4 Å². The Balaban J connectivity index is 0.859. The van der Waals surface area contributed by atoms with Crippen LogP contribution in [0.5, 0.6) is 11.6 Å². The Morgan fingerprint density at radius 2 is 1.78 bits per heavy atom. The number of fused-ring (bicyclic) bond motifs is 3. The molecule has 0 bridgehead atoms. The van der Waals surface area contributed by atoms with Crippen LogP contribution < -0.4 is 29.3 Å². The van der Waals surface area contributed by atoms with Crippen molar-refractivity contribution in [3.8, 4) is 11.6 Å². The van der Waals surface area contributed by atoms with E-state index in [9.17, 15) is 23.3 Å². The van der Waals surface area contributed by atoms with Gasteiger partial charge in [-0.3, -0.25) is 19.8 Å². The Morgan fingerprint density at radius 3 is 2.58 bits per heavy atom. The lowest BCUT2D eigenvalue weighted by Crippen LogP contribution is -2.55. The molecule has 4 saturated heterocycles. The smallest absolute Gasteiger partial charge is 0.293 e. The van der Waals surface area contributed by atoms with Crippen LogP contribution in [0.25, 0.3) is 11.0 Å². The fourth-order valence-electron chi connectivity index (χ4n) is 11.7. The number of ether oxygens (including phenoxy) is 4. The molecule has 1 spiro atoms. The number of sulfonamides is 1. The van der Waals surface area contributed by atoms with Crippen molar-refractivity contribution in [2.75, 3.05) is 67.7 Å². The molecule has 2 aromatic heterocycles. The molecule has 1 aliphatic carbocycles. The van der Waals surface area contributed by atoms with E-state index in [0.717, 1.165) is 87.5 Å². The summed E-state index contributed by atoms with van der Waals surface area (Å²) in [6, 6.07) is 22.2. The molecule has 18 heteroatoms. The molecule has 7 heterocycles. The van der Waals surface area contributed by atoms with Gasteiger partial charge in [-0.1, -0.05) is 18.2 Å². The Morgan fingerprint density at radius 1 is 0.971 bits per heavy atom. The van der Waals surface area contributed by atoms with Gasteiger partial charge in [-0.05, 0) is 132 Å². The lowest BCUT2D eigenvalue weighted by Gasteiger charge is -2.56. The molecule has 364 valence electrons. The number of H-pyrrole nitrogens is 1. The number of benzene rings is 3. The average Bonchev–Trinajstić information content (AvgIpc) is 4.13. The number of pyridine rings is 1. The summed E-state index contributed by atoms with van der Waals surface area (Å²) in [5, 5.41) is 16.3. The number of hydrogen-bond donors (Lipinski definition) is 3. The number of carbonyl (C=O) groups excluding carboxylic acids is 1. The molecule has 1 saturated carbocycles. The Bertz CT molecular complexity index is 2850. The maximum atomic E-state index is 14.6. The number of amides is 1. The number of hydrogen-bond acceptors (Lipinski definition) is 14. The lowest BCUT2D eigenvalue weighted by atomic mass is 9.60. The van der Waals surface area contributed by atoms with E-state index in [-0.39, 0.29) is 34.7 Å². The van der Waals surface area contributed by atoms with Crippen LogP contribution >= 0.6 is 0 Å². The predicted octanol–water partition coefficient (Wildman–Crippen LogP) is 8.10. The topological polar surface area (TPSA) is 194 Å². The van der Waals surface area contributed by atoms with Gasteiger partial charge in [-0.15, -0.1) is 0 Å². The van der Waals surface area contributed by atoms with Crippen LogP contribution in [-0.4, -0.2) is 111 Å². The molecule has 5 fully saturated rings. The van der Waals surface area contributed by atoms with E-state index in [4.69, 9.17) is 23.9 Å². The number of nitrogens with zero attached hydrogens (tertiary/aromatic N) is 5. The molecule has 11 rings (SSSR count). The molecule has 0 radical (unpaired) electrons. The summed E-state index contributed by atoms with van der Waals surface area (Å²) in [4.78, 5) is 40.9. The third kappa shape index (κ3) is 8.85. The number of nitrogens with one attached hydrogen (secondary N) is 3. The van der Waals surface area contributed by atoms with Crippen molar-refractivity contribution < 1.29 is 37.1 Å². The first-order valence-electron chi connectivity index (χ1n) is 24.5. The van der Waals surface area contributed by atoms with Crippen LogP contribution in [-0.2, 0) is 19.5 Å². The maximum absolute atomic E-state index is 14.6. The van der Waals surface area contributed by atoms with Gasteiger partial charge in [0.25, 0.3) is 21.6 Å². The number of rotatable bonds is 13. The van der Waals surface area contributed by atoms with E-state index in [0.29, 0.717) is 68.0 Å². The van der Waals surface area contributed by atoms with E-state index in [1.165, 1.54) is 24.1 Å². The summed E-state index contributed by atoms with van der Waals surface area (Å²) in [6.45, 7) is 9.28. The van der Waals surface area contributed by atoms with Crippen molar-refractivity contribution in [2.24, 2.45) is 11.3 Å². The standard InChI is InChI=1S/C51H60N8O9S/c1-32(2)67-46-8-4-3-6-38(46)41-7-5-19-57(41)36-27-51(28-36)16-20-56(21-17-51)35-9-11-39(42(25-35)58-44-24-34-13-18-52-48(34)54-50(44)68-47-31-66-30-45(47)58)49(60)55-69(63,64)37-10-12-40(43(26-37)59(61)62)53-29-33-14-22-65-23-15-33/h3-4,6,8-13,18,24-26,32-33,36,41,45,47,53H,5,7,14-17,19-23,27-31H2,1-2H3,(H,52,54)(H,55,60)/t41-,45-,47+/m0/s1. The highest BCUT2D eigenvalue weighted by atomic mass is 32.2. The van der Waals surface area contributed by atoms with Gasteiger partial charge < -0.3 is 39.0 Å². The normalized spacial score (nSPS) is 22.9. The Hall–Kier alpha value is -5.95. The number of piperidine rings is 1. The Labute approximate surface area is 402 Å². The summed E-state index contributed by atoms with van der Waals surface area (Å²) in [7, 11) is -4.59. The zero-order valence-corrected chi connectivity index (χ0v) is 39.9. The number of aromatic nitrogens is 2. The maximum Gasteiger partial charge on any atom is 0.293 e. The van der Waals surface area contributed by atoms with E-state index >= 15 is 0 Å². The fourth-order valence-corrected chi connectivity index (χ4v) is 12.7. The third-order valence-electron chi connectivity index (χ3n) is 15.4. The minimum Gasteiger partial charge on any atom is -0.491 e. The second kappa shape index (κ2) is 18.4. The van der Waals surface area contributed by atoms with Gasteiger partial charge in [0.1, 0.15) is 28.9 Å². The summed E-state index contributed by atoms with van der Waals surface area (Å²) < 4.78 is 54.5. The summed E-state index contributed by atoms with van der Waals surface area (Å²) in [5.74, 6) is 0.755. The first-order chi connectivity index (χ1) is 33.4. The lowest BCUT2D eigenvalue weighted by molar-refractivity contribution is -0.384. The van der Waals surface area contributed by atoms with Crippen LogP contribution in [0.2, 0.25) is 0 Å². The molecule has 5 aromatic rings. The van der Waals surface area contributed by atoms with E-state index < -0.39 is 37.5 Å². The van der Waals surface area contributed by atoms with Crippen LogP contribution in [0.4, 0.5) is 28.4 Å². The van der Waals surface area contributed by atoms with Crippen molar-refractivity contribution >= 4 is 55.4 Å². The molecule has 3 aromatic carbocycles. The molecule has 17 nitrogen and oxygen atoms in total. The monoisotopic (exact) mass is 960 g/mol. The average molecular weight is 961 g/mol. The van der Waals surface area contributed by atoms with E-state index in [1.807, 2.05) is 29.2 Å². The SMILES string of the molecule is CC(C)Oc1ccccc1[C@@H]1CCCN1C1CC2(CCN(c3ccc(C(=O)NS(=O)(=O)c4ccc(NCC5CCOCC5)c([N+](=O)[O-])c4)c(N4c5cc6cc[nH]c6nc5O[C@@H]5COC[C@@H]54)c3)CC2)C1. The second-order valence-electron chi connectivity index (χ2n) is 20.0. The molecule has 69 heavy (non-hydrogen) atoms. The number of aromatic amines is 1. The van der Waals surface area contributed by atoms with Crippen LogP contribution in [0.15, 0.2) is 83.9 Å². The number of nitro groups is 1. The van der Waals surface area contributed by atoms with E-state index in [1.54, 1.807) is 12.3 Å². The molecule has 3 atom stereocenters. The minimum atomic E-state index is -4.59. The van der Waals surface area contributed by atoms with Crippen molar-refractivity contribution in [1.29, 1.82) is 0 Å². The molecule has 6 aliphatic rings. The van der Waals surface area contributed by atoms with Crippen molar-refractivity contribution in [2.45, 2.75) is 100 Å². The largest absolute Gasteiger partial charge is 0.491 e. The highest BCUT2D eigenvalue weighted by Crippen LogP contribution is 2.55. The van der Waals surface area contributed by atoms with Gasteiger partial charge in [0.2, 0.25) is 5.88 Å². The van der Waals surface area contributed by atoms with Gasteiger partial charge in [-0.25, -0.2) is 13.1 Å². The third-order valence-corrected chi connectivity index (χ3v) is 16.7. The van der Waals surface area contributed by atoms with Gasteiger partial charge in [0, 0.05) is 73.8 Å². The van der Waals surface area contributed by atoms with Crippen molar-refractivity contribution in [1.82, 2.24) is 19.6 Å². The van der Waals surface area contributed by atoms with Crippen LogP contribution in [0.3, 0.4) is 0 Å². The van der Waals surface area contributed by atoms with Crippen LogP contribution in [0, 0.1) is 21.4 Å². The molecule has 1 amide bonds. The van der Waals surface area contributed by atoms with Crippen LogP contribution in [0.1, 0.15) is 87.2 Å². The minimum absolute atomic E-state index is 0.107. The highest BCUT2D eigenvalue weighted by Gasteiger charge is 2.50. The van der Waals surface area contributed by atoms with Crippen molar-refractivity contribution in [3.05, 3.63) is 100 Å². The van der Waals surface area contributed by atoms with Gasteiger partial charge in [-0.2, -0.15) is 4.98 Å². The summed E-state index contributed by atoms with van der Waals surface area (Å²) in [6.07, 6.45) is 9.87. The molecular formula is C51H60N8O9S. The zero-order valence-electron chi connectivity index (χ0n) is 39.1. The van der Waals surface area contributed by atoms with Gasteiger partial charge >= 0.3 is 0 Å². The fraction of sp³-hybridized carbons (Fsp3) is 0.490. The predicted molar refractivity (Wildman–Crippen MR) is 261 cm³/mol.